The third-order valence-electron chi connectivity index (χ3n) is 5.25. The van der Waals surface area contributed by atoms with Crippen molar-refractivity contribution in [1.29, 1.82) is 0 Å². The summed E-state index contributed by atoms with van der Waals surface area (Å²) in [6, 6.07) is 10.6. The number of carbonyl (C=O) groups excluding carboxylic acids is 1. The second kappa shape index (κ2) is 9.77. The third kappa shape index (κ3) is 5.58. The van der Waals surface area contributed by atoms with Crippen LogP contribution in [0.25, 0.3) is 0 Å². The van der Waals surface area contributed by atoms with Crippen molar-refractivity contribution in [3.63, 3.8) is 0 Å². The molecule has 2 aliphatic rings. The Morgan fingerprint density at radius 2 is 1.92 bits per heavy atom. The topological polar surface area (TPSA) is 35.6 Å². The van der Waals surface area contributed by atoms with Gasteiger partial charge in [-0.2, -0.15) is 0 Å². The summed E-state index contributed by atoms with van der Waals surface area (Å²) in [6.45, 7) is 10.0. The van der Waals surface area contributed by atoms with Crippen LogP contribution in [0.4, 0.5) is 0 Å². The van der Waals surface area contributed by atoms with Crippen LogP contribution in [0.5, 0.6) is 0 Å². The zero-order chi connectivity index (χ0) is 16.3. The molecule has 1 amide bonds. The van der Waals surface area contributed by atoms with Crippen LogP contribution >= 0.6 is 24.8 Å². The van der Waals surface area contributed by atoms with Crippen molar-refractivity contribution in [2.24, 2.45) is 5.92 Å². The number of halogens is 2. The van der Waals surface area contributed by atoms with Crippen molar-refractivity contribution >= 4 is 30.7 Å². The Morgan fingerprint density at radius 1 is 1.20 bits per heavy atom. The molecule has 2 heterocycles. The number of piperazine rings is 1. The number of carbonyl (C=O) groups is 1. The number of nitrogens with one attached hydrogen (secondary N) is 1. The van der Waals surface area contributed by atoms with Gasteiger partial charge in [-0.1, -0.05) is 30.3 Å². The predicted octanol–water partition coefficient (Wildman–Crippen LogP) is 2.95. The van der Waals surface area contributed by atoms with Gasteiger partial charge in [-0.05, 0) is 38.8 Å². The molecule has 1 atom stereocenters. The predicted molar refractivity (Wildman–Crippen MR) is 108 cm³/mol. The van der Waals surface area contributed by atoms with Gasteiger partial charge in [0.05, 0.1) is 5.92 Å². The molecule has 0 aromatic heterocycles. The fourth-order valence-electron chi connectivity index (χ4n) is 3.80. The fraction of sp³-hybridized carbons (Fsp3) is 0.632. The Hall–Kier alpha value is -0.810. The van der Waals surface area contributed by atoms with Crippen LogP contribution in [0.15, 0.2) is 30.3 Å². The van der Waals surface area contributed by atoms with Crippen LogP contribution in [0.1, 0.15) is 32.3 Å². The molecule has 0 radical (unpaired) electrons. The molecule has 2 aliphatic heterocycles. The highest BCUT2D eigenvalue weighted by atomic mass is 35.5. The van der Waals surface area contributed by atoms with Crippen molar-refractivity contribution in [1.82, 2.24) is 15.1 Å². The summed E-state index contributed by atoms with van der Waals surface area (Å²) in [5.74, 6) is 0.532. The third-order valence-corrected chi connectivity index (χ3v) is 5.25. The molecule has 2 fully saturated rings. The number of rotatable bonds is 3. The van der Waals surface area contributed by atoms with Crippen LogP contribution in [0.2, 0.25) is 0 Å². The molecule has 6 heteroatoms. The first-order chi connectivity index (χ1) is 11.1. The Kier molecular flexibility index (Phi) is 8.69. The molecular weight excluding hydrogens is 357 g/mol. The van der Waals surface area contributed by atoms with E-state index in [2.05, 4.69) is 59.3 Å². The Bertz CT molecular complexity index is 533. The molecule has 1 N–H and O–H groups in total. The average Bonchev–Trinajstić information content (AvgIpc) is 2.57. The zero-order valence-electron chi connectivity index (χ0n) is 15.2. The van der Waals surface area contributed by atoms with E-state index in [0.717, 1.165) is 52.1 Å². The van der Waals surface area contributed by atoms with E-state index in [0.29, 0.717) is 5.91 Å². The van der Waals surface area contributed by atoms with Crippen LogP contribution in [-0.2, 0) is 11.3 Å². The Morgan fingerprint density at radius 3 is 2.52 bits per heavy atom. The molecule has 0 aliphatic carbocycles. The van der Waals surface area contributed by atoms with Crippen LogP contribution in [0, 0.1) is 5.92 Å². The summed E-state index contributed by atoms with van der Waals surface area (Å²) in [7, 11) is 0. The summed E-state index contributed by atoms with van der Waals surface area (Å²) in [6.07, 6.45) is 2.16. The van der Waals surface area contributed by atoms with Gasteiger partial charge in [0.15, 0.2) is 0 Å². The van der Waals surface area contributed by atoms with Crippen molar-refractivity contribution in [3.05, 3.63) is 35.9 Å². The highest BCUT2D eigenvalue weighted by Crippen LogP contribution is 2.25. The maximum atomic E-state index is 12.8. The summed E-state index contributed by atoms with van der Waals surface area (Å²) >= 11 is 0. The van der Waals surface area contributed by atoms with Gasteiger partial charge in [0.25, 0.3) is 0 Å². The maximum Gasteiger partial charge on any atom is 0.227 e. The van der Waals surface area contributed by atoms with Gasteiger partial charge in [0.2, 0.25) is 5.91 Å². The molecule has 25 heavy (non-hydrogen) atoms. The molecule has 0 spiro atoms. The van der Waals surface area contributed by atoms with E-state index < -0.39 is 0 Å². The van der Waals surface area contributed by atoms with E-state index in [9.17, 15) is 4.79 Å². The first-order valence-electron chi connectivity index (χ1n) is 8.85. The van der Waals surface area contributed by atoms with E-state index in [1.54, 1.807) is 0 Å². The minimum atomic E-state index is 0. The first kappa shape index (κ1) is 22.2. The number of hydrogen-bond acceptors (Lipinski definition) is 3. The number of hydrogen-bond donors (Lipinski definition) is 1. The second-order valence-corrected chi connectivity index (χ2v) is 7.52. The molecule has 4 nitrogen and oxygen atoms in total. The lowest BCUT2D eigenvalue weighted by molar-refractivity contribution is -0.141. The Balaban J connectivity index is 0.00000156. The van der Waals surface area contributed by atoms with Gasteiger partial charge < -0.3 is 10.2 Å². The second-order valence-electron chi connectivity index (χ2n) is 7.52. The molecule has 2 saturated heterocycles. The molecule has 1 aromatic rings. The van der Waals surface area contributed by atoms with Crippen LogP contribution in [-0.4, -0.2) is 54.0 Å². The van der Waals surface area contributed by atoms with E-state index in [1.165, 1.54) is 5.56 Å². The normalized spacial score (nSPS) is 23.3. The molecular formula is C19H31Cl2N3O. The van der Waals surface area contributed by atoms with Gasteiger partial charge >= 0.3 is 0 Å². The number of piperidine rings is 1. The van der Waals surface area contributed by atoms with Gasteiger partial charge in [0, 0.05) is 38.3 Å². The quantitative estimate of drug-likeness (QED) is 0.865. The molecule has 1 unspecified atom stereocenters. The first-order valence-corrected chi connectivity index (χ1v) is 8.85. The molecule has 1 aromatic carbocycles. The van der Waals surface area contributed by atoms with E-state index in [1.807, 2.05) is 0 Å². The number of benzene rings is 1. The van der Waals surface area contributed by atoms with E-state index in [-0.39, 0.29) is 36.3 Å². The lowest BCUT2D eigenvalue weighted by Crippen LogP contribution is -2.61. The van der Waals surface area contributed by atoms with Gasteiger partial charge in [0.1, 0.15) is 0 Å². The lowest BCUT2D eigenvalue weighted by Gasteiger charge is -2.48. The van der Waals surface area contributed by atoms with Crippen molar-refractivity contribution < 1.29 is 4.79 Å². The SMILES string of the molecule is CC1(C)CN(C(=O)C2CCCNC2)CCN1Cc1ccccc1.Cl.Cl. The number of nitrogens with zero attached hydrogens (tertiary/aromatic N) is 2. The number of amides is 1. The summed E-state index contributed by atoms with van der Waals surface area (Å²) < 4.78 is 0. The van der Waals surface area contributed by atoms with Gasteiger partial charge in [-0.3, -0.25) is 9.69 Å². The highest BCUT2D eigenvalue weighted by Gasteiger charge is 2.37. The van der Waals surface area contributed by atoms with Crippen molar-refractivity contribution in [2.75, 3.05) is 32.7 Å². The zero-order valence-corrected chi connectivity index (χ0v) is 16.9. The minimum Gasteiger partial charge on any atom is -0.339 e. The summed E-state index contributed by atoms with van der Waals surface area (Å²) in [4.78, 5) is 17.4. The lowest BCUT2D eigenvalue weighted by atomic mass is 9.94. The fourth-order valence-corrected chi connectivity index (χ4v) is 3.80. The standard InChI is InChI=1S/C19H29N3O.2ClH/c1-19(2)15-21(18(23)17-9-6-10-20-13-17)11-12-22(19)14-16-7-4-3-5-8-16;;/h3-5,7-8,17,20H,6,9-15H2,1-2H3;2*1H. The van der Waals surface area contributed by atoms with E-state index >= 15 is 0 Å². The van der Waals surface area contributed by atoms with Crippen LogP contribution in [0.3, 0.4) is 0 Å². The monoisotopic (exact) mass is 387 g/mol. The van der Waals surface area contributed by atoms with Gasteiger partial charge in [-0.15, -0.1) is 24.8 Å². The largest absolute Gasteiger partial charge is 0.339 e. The van der Waals surface area contributed by atoms with Crippen LogP contribution < -0.4 is 5.32 Å². The molecule has 3 rings (SSSR count). The smallest absolute Gasteiger partial charge is 0.227 e. The van der Waals surface area contributed by atoms with Gasteiger partial charge in [-0.25, -0.2) is 0 Å². The van der Waals surface area contributed by atoms with Crippen molar-refractivity contribution in [2.45, 2.75) is 38.8 Å². The highest BCUT2D eigenvalue weighted by molar-refractivity contribution is 5.85. The summed E-state index contributed by atoms with van der Waals surface area (Å²) in [5.41, 5.74) is 1.36. The molecule has 142 valence electrons. The van der Waals surface area contributed by atoms with Crippen molar-refractivity contribution in [3.8, 4) is 0 Å². The maximum absolute atomic E-state index is 12.8. The molecule has 0 bridgehead atoms. The molecule has 0 saturated carbocycles. The van der Waals surface area contributed by atoms with E-state index in [4.69, 9.17) is 0 Å². The summed E-state index contributed by atoms with van der Waals surface area (Å²) in [5, 5.41) is 3.36. The average molecular weight is 388 g/mol. The minimum absolute atomic E-state index is 0. The Labute approximate surface area is 164 Å².